The van der Waals surface area contributed by atoms with E-state index in [1.165, 1.54) is 7.11 Å². The summed E-state index contributed by atoms with van der Waals surface area (Å²) in [6.07, 6.45) is -1.72. The molecule has 1 saturated heterocycles. The highest BCUT2D eigenvalue weighted by molar-refractivity contribution is 7.60. The van der Waals surface area contributed by atoms with E-state index in [1.807, 2.05) is 0 Å². The molecule has 4 atom stereocenters. The Kier molecular flexibility index (Phi) is 2.40. The lowest BCUT2D eigenvalue weighted by atomic mass is 10.2. The van der Waals surface area contributed by atoms with Gasteiger partial charge in [-0.3, -0.25) is 4.57 Å². The summed E-state index contributed by atoms with van der Waals surface area (Å²) < 4.78 is 16.4. The topological polar surface area (TPSA) is 66.8 Å². The average molecular weight is 180 g/mol. The summed E-state index contributed by atoms with van der Waals surface area (Å²) in [4.78, 5) is 0. The van der Waals surface area contributed by atoms with Crippen LogP contribution in [0.15, 0.2) is 0 Å². The van der Waals surface area contributed by atoms with Crippen LogP contribution in [-0.4, -0.2) is 41.4 Å². The fraction of sp³-hybridized carbons (Fsp3) is 1.00. The molecule has 0 aliphatic carbocycles. The molecule has 4 nitrogen and oxygen atoms in total. The third-order valence-corrected chi connectivity index (χ3v) is 5.31. The number of hydrogen-bond acceptors (Lipinski definition) is 4. The zero-order valence-corrected chi connectivity index (χ0v) is 7.49. The van der Waals surface area contributed by atoms with Crippen molar-refractivity contribution in [3.8, 4) is 0 Å². The lowest BCUT2D eigenvalue weighted by Gasteiger charge is -2.15. The minimum atomic E-state index is -2.75. The first-order valence-electron chi connectivity index (χ1n) is 3.52. The lowest BCUT2D eigenvalue weighted by Crippen LogP contribution is -2.27. The molecule has 0 amide bonds. The second-order valence-corrected chi connectivity index (χ2v) is 5.89. The van der Waals surface area contributed by atoms with Crippen molar-refractivity contribution >= 4 is 7.37 Å². The summed E-state index contributed by atoms with van der Waals surface area (Å²) >= 11 is 0. The predicted octanol–water partition coefficient (Wildman–Crippen LogP) is 0.0348. The standard InChI is InChI=1S/C6H13O4P/c1-4-6(8)5(7)3-11(4,9)10-2/h4-8H,3H2,1-2H3. The molecule has 1 rings (SSSR count). The molecule has 1 heterocycles. The van der Waals surface area contributed by atoms with Crippen LogP contribution in [0.4, 0.5) is 0 Å². The van der Waals surface area contributed by atoms with Gasteiger partial charge in [0.15, 0.2) is 0 Å². The molecule has 0 bridgehead atoms. The molecule has 1 aliphatic rings. The van der Waals surface area contributed by atoms with Crippen molar-refractivity contribution < 1.29 is 19.3 Å². The van der Waals surface area contributed by atoms with E-state index in [4.69, 9.17) is 9.63 Å². The molecule has 4 unspecified atom stereocenters. The van der Waals surface area contributed by atoms with Gasteiger partial charge in [0.25, 0.3) is 0 Å². The zero-order chi connectivity index (χ0) is 8.65. The highest BCUT2D eigenvalue weighted by Gasteiger charge is 2.47. The quantitative estimate of drug-likeness (QED) is 0.559. The molecule has 66 valence electrons. The molecule has 2 N–H and O–H groups in total. The second-order valence-electron chi connectivity index (χ2n) is 2.89. The van der Waals surface area contributed by atoms with Crippen LogP contribution in [0.1, 0.15) is 6.92 Å². The van der Waals surface area contributed by atoms with Gasteiger partial charge in [0.05, 0.1) is 24.0 Å². The van der Waals surface area contributed by atoms with E-state index in [1.54, 1.807) is 6.92 Å². The number of rotatable bonds is 1. The summed E-state index contributed by atoms with van der Waals surface area (Å²) in [6.45, 7) is 1.63. The molecule has 1 aliphatic heterocycles. The number of aliphatic hydroxyl groups is 2. The van der Waals surface area contributed by atoms with E-state index in [9.17, 15) is 9.67 Å². The van der Waals surface area contributed by atoms with Gasteiger partial charge in [-0.05, 0) is 0 Å². The zero-order valence-electron chi connectivity index (χ0n) is 6.60. The van der Waals surface area contributed by atoms with Gasteiger partial charge >= 0.3 is 0 Å². The Bertz CT molecular complexity index is 193. The third-order valence-electron chi connectivity index (χ3n) is 2.26. The predicted molar refractivity (Wildman–Crippen MR) is 41.0 cm³/mol. The van der Waals surface area contributed by atoms with Crippen molar-refractivity contribution in [2.75, 3.05) is 13.3 Å². The Labute approximate surface area is 65.6 Å². The van der Waals surface area contributed by atoms with Crippen molar-refractivity contribution in [3.05, 3.63) is 0 Å². The van der Waals surface area contributed by atoms with E-state index in [2.05, 4.69) is 0 Å². The lowest BCUT2D eigenvalue weighted by molar-refractivity contribution is 0.0443. The molecule has 0 aromatic heterocycles. The summed E-state index contributed by atoms with van der Waals surface area (Å²) in [5.74, 6) is 0. The van der Waals surface area contributed by atoms with Gasteiger partial charge in [0.2, 0.25) is 7.37 Å². The molecule has 0 aromatic rings. The number of hydrogen-bond donors (Lipinski definition) is 2. The molecule has 5 heteroatoms. The maximum Gasteiger partial charge on any atom is 0.210 e. The molecule has 11 heavy (non-hydrogen) atoms. The van der Waals surface area contributed by atoms with Gasteiger partial charge < -0.3 is 14.7 Å². The normalized spacial score (nSPS) is 51.5. The highest BCUT2D eigenvalue weighted by Crippen LogP contribution is 2.57. The molecule has 0 aromatic carbocycles. The second kappa shape index (κ2) is 2.87. The maximum absolute atomic E-state index is 11.6. The molecule has 1 fully saturated rings. The van der Waals surface area contributed by atoms with Gasteiger partial charge in [-0.25, -0.2) is 0 Å². The smallest absolute Gasteiger partial charge is 0.210 e. The Hall–Kier alpha value is 0.110. The first kappa shape index (κ1) is 9.20. The van der Waals surface area contributed by atoms with Crippen molar-refractivity contribution in [2.24, 2.45) is 0 Å². The van der Waals surface area contributed by atoms with Gasteiger partial charge in [-0.2, -0.15) is 0 Å². The monoisotopic (exact) mass is 180 g/mol. The highest BCUT2D eigenvalue weighted by atomic mass is 31.2. The van der Waals surface area contributed by atoms with Crippen LogP contribution in [0.5, 0.6) is 0 Å². The third kappa shape index (κ3) is 1.36. The molecule has 0 saturated carbocycles. The van der Waals surface area contributed by atoms with E-state index >= 15 is 0 Å². The van der Waals surface area contributed by atoms with Gasteiger partial charge in [0.1, 0.15) is 0 Å². The van der Waals surface area contributed by atoms with Crippen molar-refractivity contribution in [1.82, 2.24) is 0 Å². The summed E-state index contributed by atoms with van der Waals surface area (Å²) in [5.41, 5.74) is -0.442. The van der Waals surface area contributed by atoms with Crippen molar-refractivity contribution in [3.63, 3.8) is 0 Å². The van der Waals surface area contributed by atoms with Crippen LogP contribution in [0.3, 0.4) is 0 Å². The van der Waals surface area contributed by atoms with Crippen LogP contribution in [0.25, 0.3) is 0 Å². The van der Waals surface area contributed by atoms with Crippen LogP contribution in [-0.2, 0) is 9.09 Å². The largest absolute Gasteiger partial charge is 0.390 e. The molecular formula is C6H13O4P. The molecule has 0 radical (unpaired) electrons. The van der Waals surface area contributed by atoms with Crippen LogP contribution < -0.4 is 0 Å². The van der Waals surface area contributed by atoms with Gasteiger partial charge in [-0.1, -0.05) is 6.92 Å². The van der Waals surface area contributed by atoms with Crippen LogP contribution in [0.2, 0.25) is 0 Å². The number of aliphatic hydroxyl groups excluding tert-OH is 2. The fourth-order valence-corrected chi connectivity index (χ4v) is 3.55. The van der Waals surface area contributed by atoms with E-state index in [0.717, 1.165) is 0 Å². The first-order chi connectivity index (χ1) is 5.01. The van der Waals surface area contributed by atoms with Crippen LogP contribution in [0, 0.1) is 0 Å². The molecular weight excluding hydrogens is 167 g/mol. The van der Waals surface area contributed by atoms with Crippen molar-refractivity contribution in [2.45, 2.75) is 24.8 Å². The Morgan fingerprint density at radius 3 is 2.27 bits per heavy atom. The average Bonchev–Trinajstić information content (AvgIpc) is 2.17. The van der Waals surface area contributed by atoms with Crippen molar-refractivity contribution in [1.29, 1.82) is 0 Å². The SMILES string of the molecule is COP1(=O)CC(O)C(O)C1C. The summed E-state index contributed by atoms with van der Waals surface area (Å²) in [7, 11) is -1.40. The Morgan fingerprint density at radius 2 is 2.09 bits per heavy atom. The molecule has 0 spiro atoms. The van der Waals surface area contributed by atoms with Gasteiger partial charge in [0, 0.05) is 7.11 Å². The van der Waals surface area contributed by atoms with E-state index < -0.39 is 25.2 Å². The first-order valence-corrected chi connectivity index (χ1v) is 5.40. The van der Waals surface area contributed by atoms with E-state index in [-0.39, 0.29) is 6.16 Å². The van der Waals surface area contributed by atoms with E-state index in [0.29, 0.717) is 0 Å². The maximum atomic E-state index is 11.6. The summed E-state index contributed by atoms with van der Waals surface area (Å²) in [5, 5.41) is 18.4. The Balaban J connectivity index is 2.82. The Morgan fingerprint density at radius 1 is 1.55 bits per heavy atom. The minimum Gasteiger partial charge on any atom is -0.390 e. The fourth-order valence-electron chi connectivity index (χ4n) is 1.33. The van der Waals surface area contributed by atoms with Crippen LogP contribution >= 0.6 is 7.37 Å². The summed E-state index contributed by atoms with van der Waals surface area (Å²) in [6, 6.07) is 0. The van der Waals surface area contributed by atoms with Gasteiger partial charge in [-0.15, -0.1) is 0 Å². The minimum absolute atomic E-state index is 0.0752.